The monoisotopic (exact) mass is 507 g/mol. The Labute approximate surface area is 205 Å². The maximum atomic E-state index is 13.6. The molecule has 0 N–H and O–H groups in total. The molecule has 0 bridgehead atoms. The van der Waals surface area contributed by atoms with Gasteiger partial charge in [0.25, 0.3) is 5.91 Å². The lowest BCUT2D eigenvalue weighted by Gasteiger charge is -2.26. The van der Waals surface area contributed by atoms with Gasteiger partial charge in [0.05, 0.1) is 23.8 Å². The number of hydrogen-bond acceptors (Lipinski definition) is 6. The van der Waals surface area contributed by atoms with E-state index in [0.29, 0.717) is 46.5 Å². The molecular formula is C25H18ClN3O5S. The summed E-state index contributed by atoms with van der Waals surface area (Å²) in [5.41, 5.74) is 2.77. The van der Waals surface area contributed by atoms with Gasteiger partial charge >= 0.3 is 0 Å². The van der Waals surface area contributed by atoms with Crippen LogP contribution in [0.2, 0.25) is 5.02 Å². The summed E-state index contributed by atoms with van der Waals surface area (Å²) in [4.78, 5) is 26.6. The molecule has 10 heteroatoms. The fraction of sp³-hybridized carbons (Fsp3) is 0.160. The van der Waals surface area contributed by atoms with Crippen LogP contribution in [-0.4, -0.2) is 60.5 Å². The third-order valence-electron chi connectivity index (χ3n) is 6.34. The van der Waals surface area contributed by atoms with Crippen LogP contribution < -0.4 is 0 Å². The van der Waals surface area contributed by atoms with Crippen molar-refractivity contribution >= 4 is 44.2 Å². The number of aromatic nitrogens is 2. The van der Waals surface area contributed by atoms with Crippen LogP contribution in [0.15, 0.2) is 65.6 Å². The highest BCUT2D eigenvalue weighted by atomic mass is 35.5. The van der Waals surface area contributed by atoms with Crippen molar-refractivity contribution < 1.29 is 22.7 Å². The van der Waals surface area contributed by atoms with E-state index in [1.807, 2.05) is 6.07 Å². The first-order valence-electron chi connectivity index (χ1n) is 11.0. The lowest BCUT2D eigenvalue weighted by atomic mass is 9.87. The third-order valence-corrected chi connectivity index (χ3v) is 8.72. The first kappa shape index (κ1) is 22.1. The minimum Gasteiger partial charge on any atom is -0.379 e. The topological polar surface area (TPSA) is 98.6 Å². The van der Waals surface area contributed by atoms with Gasteiger partial charge in [0.2, 0.25) is 10.0 Å². The summed E-state index contributed by atoms with van der Waals surface area (Å²) in [6.45, 7) is 1.00. The molecule has 35 heavy (non-hydrogen) atoms. The zero-order valence-corrected chi connectivity index (χ0v) is 19.8. The van der Waals surface area contributed by atoms with E-state index in [4.69, 9.17) is 16.3 Å². The largest absolute Gasteiger partial charge is 0.379 e. The Morgan fingerprint density at radius 2 is 1.66 bits per heavy atom. The van der Waals surface area contributed by atoms with Crippen LogP contribution in [0.4, 0.5) is 0 Å². The molecule has 2 heterocycles. The smallest absolute Gasteiger partial charge is 0.278 e. The van der Waals surface area contributed by atoms with Crippen molar-refractivity contribution in [3.8, 4) is 11.3 Å². The van der Waals surface area contributed by atoms with E-state index in [2.05, 4.69) is 5.10 Å². The van der Waals surface area contributed by atoms with Crippen LogP contribution in [0.5, 0.6) is 0 Å². The zero-order chi connectivity index (χ0) is 24.3. The normalized spacial score (nSPS) is 15.9. The minimum absolute atomic E-state index is 0.0266. The quantitative estimate of drug-likeness (QED) is 0.370. The van der Waals surface area contributed by atoms with E-state index in [1.165, 1.54) is 27.2 Å². The van der Waals surface area contributed by atoms with Gasteiger partial charge in [-0.15, -0.1) is 0 Å². The number of ketones is 1. The molecule has 1 aliphatic carbocycles. The number of carbonyl (C=O) groups excluding carboxylic acids is 2. The second-order valence-electron chi connectivity index (χ2n) is 8.30. The van der Waals surface area contributed by atoms with Gasteiger partial charge in [0.15, 0.2) is 5.78 Å². The summed E-state index contributed by atoms with van der Waals surface area (Å²) in [6.07, 6.45) is 0. The number of ether oxygens (including phenoxy) is 1. The van der Waals surface area contributed by atoms with E-state index in [0.717, 1.165) is 0 Å². The average Bonchev–Trinajstić information content (AvgIpc) is 3.28. The molecule has 1 fully saturated rings. The Bertz CT molecular complexity index is 1660. The molecule has 176 valence electrons. The van der Waals surface area contributed by atoms with Crippen LogP contribution >= 0.6 is 11.6 Å². The molecule has 0 atom stereocenters. The highest BCUT2D eigenvalue weighted by Gasteiger charge is 2.32. The molecule has 0 saturated carbocycles. The molecule has 4 aromatic rings. The number of rotatable bonds is 3. The molecule has 6 rings (SSSR count). The molecule has 2 aliphatic rings. The maximum absolute atomic E-state index is 13.6. The van der Waals surface area contributed by atoms with Crippen LogP contribution in [0.3, 0.4) is 0 Å². The van der Waals surface area contributed by atoms with Gasteiger partial charge in [-0.25, -0.2) is 8.42 Å². The third kappa shape index (κ3) is 3.35. The van der Waals surface area contributed by atoms with Crippen molar-refractivity contribution in [1.29, 1.82) is 0 Å². The summed E-state index contributed by atoms with van der Waals surface area (Å²) in [6, 6.07) is 16.4. The van der Waals surface area contributed by atoms with Gasteiger partial charge in [-0.2, -0.15) is 14.1 Å². The highest BCUT2D eigenvalue weighted by molar-refractivity contribution is 7.89. The van der Waals surface area contributed by atoms with Crippen molar-refractivity contribution in [3.05, 3.63) is 82.4 Å². The highest BCUT2D eigenvalue weighted by Crippen LogP contribution is 2.39. The Morgan fingerprint density at radius 3 is 2.43 bits per heavy atom. The van der Waals surface area contributed by atoms with Gasteiger partial charge in [-0.3, -0.25) is 9.59 Å². The number of carbonyl (C=O) groups is 2. The molecule has 0 unspecified atom stereocenters. The summed E-state index contributed by atoms with van der Waals surface area (Å²) in [5, 5.41) is 5.21. The second kappa shape index (κ2) is 8.10. The molecule has 0 radical (unpaired) electrons. The standard InChI is InChI=1S/C25H18ClN3O5S/c26-19-9-8-15(14-21(19)35(32,33)28-10-12-34-13-11-28)25(31)29-20-7-3-6-18-22(20)23(27-29)16-4-1-2-5-17(16)24(18)30/h1-9,14H,10-13H2. The lowest BCUT2D eigenvalue weighted by Crippen LogP contribution is -2.40. The number of hydrogen-bond donors (Lipinski definition) is 0. The Hall–Kier alpha value is -3.37. The van der Waals surface area contributed by atoms with Gasteiger partial charge < -0.3 is 4.74 Å². The molecule has 8 nitrogen and oxygen atoms in total. The summed E-state index contributed by atoms with van der Waals surface area (Å²) >= 11 is 6.27. The molecule has 3 aromatic carbocycles. The number of benzene rings is 3. The van der Waals surface area contributed by atoms with Crippen molar-refractivity contribution in [3.63, 3.8) is 0 Å². The van der Waals surface area contributed by atoms with E-state index in [9.17, 15) is 18.0 Å². The fourth-order valence-corrected chi connectivity index (χ4v) is 6.53. The predicted molar refractivity (Wildman–Crippen MR) is 129 cm³/mol. The first-order chi connectivity index (χ1) is 16.9. The van der Waals surface area contributed by atoms with Crippen LogP contribution in [0, 0.1) is 0 Å². The van der Waals surface area contributed by atoms with Crippen molar-refractivity contribution in [1.82, 2.24) is 14.1 Å². The average molecular weight is 508 g/mol. The van der Waals surface area contributed by atoms with Crippen LogP contribution in [-0.2, 0) is 14.8 Å². The summed E-state index contributed by atoms with van der Waals surface area (Å²) in [5.74, 6) is -0.656. The number of morpholine rings is 1. The Morgan fingerprint density at radius 1 is 0.943 bits per heavy atom. The molecule has 1 aromatic heterocycles. The number of halogens is 1. The molecule has 0 amide bonds. The molecule has 1 saturated heterocycles. The van der Waals surface area contributed by atoms with E-state index in [1.54, 1.807) is 36.4 Å². The lowest BCUT2D eigenvalue weighted by molar-refractivity contribution is 0.0730. The summed E-state index contributed by atoms with van der Waals surface area (Å²) < 4.78 is 34.2. The Kier molecular flexibility index (Phi) is 5.12. The zero-order valence-electron chi connectivity index (χ0n) is 18.3. The molecular weight excluding hydrogens is 490 g/mol. The van der Waals surface area contributed by atoms with Crippen molar-refractivity contribution in [2.24, 2.45) is 0 Å². The Balaban J connectivity index is 1.49. The maximum Gasteiger partial charge on any atom is 0.278 e. The van der Waals surface area contributed by atoms with E-state index < -0.39 is 15.9 Å². The molecule has 1 aliphatic heterocycles. The van der Waals surface area contributed by atoms with Gasteiger partial charge in [0.1, 0.15) is 10.6 Å². The van der Waals surface area contributed by atoms with Crippen LogP contribution in [0.1, 0.15) is 26.3 Å². The number of sulfonamides is 1. The van der Waals surface area contributed by atoms with Crippen molar-refractivity contribution in [2.45, 2.75) is 4.90 Å². The van der Waals surface area contributed by atoms with Crippen molar-refractivity contribution in [2.75, 3.05) is 26.3 Å². The van der Waals surface area contributed by atoms with E-state index >= 15 is 0 Å². The minimum atomic E-state index is -3.92. The fourth-order valence-electron chi connectivity index (χ4n) is 4.62. The van der Waals surface area contributed by atoms with Gasteiger partial charge in [0, 0.05) is 40.7 Å². The van der Waals surface area contributed by atoms with Gasteiger partial charge in [-0.1, -0.05) is 48.0 Å². The van der Waals surface area contributed by atoms with Crippen LogP contribution in [0.25, 0.3) is 22.2 Å². The number of nitrogens with zero attached hydrogens (tertiary/aromatic N) is 3. The predicted octanol–water partition coefficient (Wildman–Crippen LogP) is 3.61. The van der Waals surface area contributed by atoms with Gasteiger partial charge in [-0.05, 0) is 24.3 Å². The SMILES string of the molecule is O=C1c2ccccc2-c2nn(C(=O)c3ccc(Cl)c(S(=O)(=O)N4CCOCC4)c3)c3cccc1c23. The molecule has 0 spiro atoms. The first-order valence-corrected chi connectivity index (χ1v) is 12.8. The van der Waals surface area contributed by atoms with E-state index in [-0.39, 0.29) is 34.4 Å². The number of fused-ring (bicyclic) bond motifs is 2. The second-order valence-corrected chi connectivity index (χ2v) is 10.6. The summed E-state index contributed by atoms with van der Waals surface area (Å²) in [7, 11) is -3.92.